The van der Waals surface area contributed by atoms with E-state index in [9.17, 15) is 9.59 Å². The number of benzene rings is 1. The second-order valence-corrected chi connectivity index (χ2v) is 4.72. The van der Waals surface area contributed by atoms with Gasteiger partial charge in [-0.2, -0.15) is 0 Å². The highest BCUT2D eigenvalue weighted by molar-refractivity contribution is 5.85. The Morgan fingerprint density at radius 2 is 1.74 bits per heavy atom. The summed E-state index contributed by atoms with van der Waals surface area (Å²) >= 11 is 0. The van der Waals surface area contributed by atoms with E-state index in [0.29, 0.717) is 0 Å². The molecule has 2 N–H and O–H groups in total. The Morgan fingerprint density at radius 3 is 2.21 bits per heavy atom. The molecule has 102 valence electrons. The van der Waals surface area contributed by atoms with Gasteiger partial charge >= 0.3 is 5.97 Å². The maximum atomic E-state index is 11.6. The van der Waals surface area contributed by atoms with Gasteiger partial charge < -0.3 is 10.4 Å². The Morgan fingerprint density at radius 1 is 1.16 bits per heavy atom. The molecule has 0 saturated carbocycles. The van der Waals surface area contributed by atoms with Crippen LogP contribution >= 0.6 is 0 Å². The fraction of sp³-hybridized carbons (Fsp3) is 0.333. The van der Waals surface area contributed by atoms with Crippen molar-refractivity contribution in [2.75, 3.05) is 0 Å². The third kappa shape index (κ3) is 4.95. The Hall–Kier alpha value is -2.10. The molecule has 0 bridgehead atoms. The van der Waals surface area contributed by atoms with E-state index in [4.69, 9.17) is 5.11 Å². The van der Waals surface area contributed by atoms with Crippen LogP contribution in [0.1, 0.15) is 37.9 Å². The third-order valence-electron chi connectivity index (χ3n) is 2.74. The van der Waals surface area contributed by atoms with E-state index in [1.807, 2.05) is 45.0 Å². The fourth-order valence-corrected chi connectivity index (χ4v) is 1.53. The molecule has 1 aromatic rings. The lowest BCUT2D eigenvalue weighted by Gasteiger charge is -2.16. The molecule has 0 aliphatic carbocycles. The molecule has 0 aromatic heterocycles. The topological polar surface area (TPSA) is 66.4 Å². The molecule has 19 heavy (non-hydrogen) atoms. The first-order chi connectivity index (χ1) is 8.90. The Kier molecular flexibility index (Phi) is 5.30. The molecule has 4 heteroatoms. The molecule has 0 aliphatic rings. The summed E-state index contributed by atoms with van der Waals surface area (Å²) in [5.74, 6) is -0.996. The zero-order valence-corrected chi connectivity index (χ0v) is 11.4. The average molecular weight is 261 g/mol. The van der Waals surface area contributed by atoms with Crippen LogP contribution < -0.4 is 5.32 Å². The van der Waals surface area contributed by atoms with Crippen molar-refractivity contribution in [2.45, 2.75) is 26.8 Å². The first-order valence-corrected chi connectivity index (χ1v) is 6.21. The van der Waals surface area contributed by atoms with Crippen molar-refractivity contribution in [3.05, 3.63) is 41.5 Å². The summed E-state index contributed by atoms with van der Waals surface area (Å²) in [6, 6.07) is 7.35. The summed E-state index contributed by atoms with van der Waals surface area (Å²) in [5, 5.41) is 11.4. The first kappa shape index (κ1) is 15.0. The van der Waals surface area contributed by atoms with Gasteiger partial charge in [-0.25, -0.2) is 4.79 Å². The number of hydrogen-bond donors (Lipinski definition) is 2. The predicted octanol–water partition coefficient (Wildman–Crippen LogP) is 2.62. The maximum absolute atomic E-state index is 11.6. The van der Waals surface area contributed by atoms with Crippen molar-refractivity contribution < 1.29 is 14.7 Å². The van der Waals surface area contributed by atoms with Gasteiger partial charge in [0.2, 0.25) is 5.91 Å². The molecule has 1 amide bonds. The number of hydrogen-bond acceptors (Lipinski definition) is 2. The molecule has 1 aromatic carbocycles. The second-order valence-electron chi connectivity index (χ2n) is 4.72. The van der Waals surface area contributed by atoms with E-state index in [-0.39, 0.29) is 17.9 Å². The van der Waals surface area contributed by atoms with Crippen LogP contribution in [0.3, 0.4) is 0 Å². The molecule has 0 saturated heterocycles. The summed E-state index contributed by atoms with van der Waals surface area (Å²) in [5.41, 5.74) is 1.80. The number of rotatable bonds is 5. The molecule has 4 nitrogen and oxygen atoms in total. The van der Waals surface area contributed by atoms with E-state index in [1.54, 1.807) is 0 Å². The minimum atomic E-state index is -0.971. The lowest BCUT2D eigenvalue weighted by molar-refractivity contribution is -0.131. The third-order valence-corrected chi connectivity index (χ3v) is 2.74. The highest BCUT2D eigenvalue weighted by Gasteiger charge is 2.11. The van der Waals surface area contributed by atoms with Crippen molar-refractivity contribution >= 4 is 18.0 Å². The second kappa shape index (κ2) is 6.73. The zero-order valence-electron chi connectivity index (χ0n) is 11.4. The minimum Gasteiger partial charge on any atom is -0.478 e. The van der Waals surface area contributed by atoms with Crippen LogP contribution in [0.2, 0.25) is 0 Å². The van der Waals surface area contributed by atoms with Crippen LogP contribution in [0.15, 0.2) is 30.3 Å². The lowest BCUT2D eigenvalue weighted by Crippen LogP contribution is -2.30. The van der Waals surface area contributed by atoms with Crippen molar-refractivity contribution in [3.63, 3.8) is 0 Å². The Labute approximate surface area is 113 Å². The zero-order chi connectivity index (χ0) is 14.4. The summed E-state index contributed by atoms with van der Waals surface area (Å²) in [6.45, 7) is 5.62. The van der Waals surface area contributed by atoms with Gasteiger partial charge in [0.05, 0.1) is 6.04 Å². The van der Waals surface area contributed by atoms with Crippen LogP contribution in [-0.2, 0) is 9.59 Å². The molecular formula is C15H19NO3. The van der Waals surface area contributed by atoms with Gasteiger partial charge in [0.25, 0.3) is 0 Å². The number of carboxylic acids is 1. The highest BCUT2D eigenvalue weighted by Crippen LogP contribution is 2.14. The standard InChI is InChI=1S/C15H19NO3/c1-10(2)15(19)16-11(3)13-7-4-12(5-8-13)6-9-14(17)18/h4-11H,1-3H3,(H,16,19)(H,17,18). The molecule has 1 rings (SSSR count). The van der Waals surface area contributed by atoms with Crippen LogP contribution in [-0.4, -0.2) is 17.0 Å². The number of carbonyl (C=O) groups is 2. The van der Waals surface area contributed by atoms with Crippen LogP contribution in [0, 0.1) is 5.92 Å². The van der Waals surface area contributed by atoms with Crippen LogP contribution in [0.25, 0.3) is 6.08 Å². The van der Waals surface area contributed by atoms with E-state index in [1.165, 1.54) is 6.08 Å². The summed E-state index contributed by atoms with van der Waals surface area (Å²) in [6.07, 6.45) is 2.63. The molecule has 0 spiro atoms. The number of carboxylic acid groups (broad SMARTS) is 1. The maximum Gasteiger partial charge on any atom is 0.328 e. The minimum absolute atomic E-state index is 0.0161. The van der Waals surface area contributed by atoms with E-state index >= 15 is 0 Å². The van der Waals surface area contributed by atoms with Gasteiger partial charge in [-0.3, -0.25) is 4.79 Å². The fourth-order valence-electron chi connectivity index (χ4n) is 1.53. The van der Waals surface area contributed by atoms with Gasteiger partial charge in [0.1, 0.15) is 0 Å². The number of nitrogens with one attached hydrogen (secondary N) is 1. The van der Waals surface area contributed by atoms with Crippen molar-refractivity contribution in [2.24, 2.45) is 5.92 Å². The van der Waals surface area contributed by atoms with E-state index < -0.39 is 5.97 Å². The average Bonchev–Trinajstić information content (AvgIpc) is 2.36. The monoisotopic (exact) mass is 261 g/mol. The van der Waals surface area contributed by atoms with Crippen LogP contribution in [0.4, 0.5) is 0 Å². The summed E-state index contributed by atoms with van der Waals surface area (Å²) in [7, 11) is 0. The summed E-state index contributed by atoms with van der Waals surface area (Å²) in [4.78, 5) is 22.0. The molecular weight excluding hydrogens is 242 g/mol. The predicted molar refractivity (Wildman–Crippen MR) is 74.5 cm³/mol. The number of aliphatic carboxylic acids is 1. The summed E-state index contributed by atoms with van der Waals surface area (Å²) < 4.78 is 0. The first-order valence-electron chi connectivity index (χ1n) is 6.21. The molecule has 1 unspecified atom stereocenters. The number of carbonyl (C=O) groups excluding carboxylic acids is 1. The smallest absolute Gasteiger partial charge is 0.328 e. The van der Waals surface area contributed by atoms with Crippen molar-refractivity contribution in [3.8, 4) is 0 Å². The van der Waals surface area contributed by atoms with E-state index in [0.717, 1.165) is 17.2 Å². The van der Waals surface area contributed by atoms with Crippen LogP contribution in [0.5, 0.6) is 0 Å². The van der Waals surface area contributed by atoms with E-state index in [2.05, 4.69) is 5.32 Å². The molecule has 0 heterocycles. The van der Waals surface area contributed by atoms with Gasteiger partial charge in [-0.05, 0) is 24.1 Å². The quantitative estimate of drug-likeness (QED) is 0.801. The molecule has 0 radical (unpaired) electrons. The highest BCUT2D eigenvalue weighted by atomic mass is 16.4. The van der Waals surface area contributed by atoms with Gasteiger partial charge in [-0.1, -0.05) is 38.1 Å². The van der Waals surface area contributed by atoms with Crippen molar-refractivity contribution in [1.29, 1.82) is 0 Å². The molecule has 1 atom stereocenters. The van der Waals surface area contributed by atoms with Crippen molar-refractivity contribution in [1.82, 2.24) is 5.32 Å². The Bertz CT molecular complexity index is 475. The molecule has 0 aliphatic heterocycles. The normalized spacial score (nSPS) is 12.6. The van der Waals surface area contributed by atoms with Gasteiger partial charge in [-0.15, -0.1) is 0 Å². The SMILES string of the molecule is CC(C)C(=O)NC(C)c1ccc(C=CC(=O)O)cc1. The number of amides is 1. The molecule has 0 fully saturated rings. The Balaban J connectivity index is 2.70. The van der Waals surface area contributed by atoms with Gasteiger partial charge in [0.15, 0.2) is 0 Å². The largest absolute Gasteiger partial charge is 0.478 e. The lowest BCUT2D eigenvalue weighted by atomic mass is 10.0. The van der Waals surface area contributed by atoms with Gasteiger partial charge in [0, 0.05) is 12.0 Å².